The molecule has 0 fully saturated rings. The summed E-state index contributed by atoms with van der Waals surface area (Å²) in [5, 5.41) is 0. The second-order valence-corrected chi connectivity index (χ2v) is 2.87. The molecule has 0 aromatic heterocycles. The second-order valence-electron chi connectivity index (χ2n) is 0.957. The van der Waals surface area contributed by atoms with Gasteiger partial charge >= 0.3 is 0 Å². The highest BCUT2D eigenvalue weighted by molar-refractivity contribution is 8.20. The fourth-order valence-electron chi connectivity index (χ4n) is 0.102. The van der Waals surface area contributed by atoms with Crippen LogP contribution >= 0.6 is 11.0 Å². The molecule has 7 heavy (non-hydrogen) atoms. The third kappa shape index (κ3) is 2.84. The number of nitrogens with one attached hydrogen (secondary N) is 2. The molecular weight excluding hydrogens is 116 g/mol. The summed E-state index contributed by atoms with van der Waals surface area (Å²) in [5.41, 5.74) is 0. The normalized spacial score (nSPS) is 14.3. The van der Waals surface area contributed by atoms with Gasteiger partial charge in [-0.1, -0.05) is 11.0 Å². The van der Waals surface area contributed by atoms with Crippen LogP contribution in [0, 0.1) is 0 Å². The minimum atomic E-state index is -2.66. The molecule has 0 saturated carbocycles. The van der Waals surface area contributed by atoms with E-state index in [1.165, 1.54) is 14.1 Å². The van der Waals surface area contributed by atoms with Gasteiger partial charge in [0.05, 0.1) is 0 Å². The third-order valence-corrected chi connectivity index (χ3v) is 1.71. The molecule has 0 atom stereocenters. The highest BCUT2D eigenvalue weighted by atomic mass is 32.3. The zero-order valence-electron chi connectivity index (χ0n) is 4.30. The summed E-state index contributed by atoms with van der Waals surface area (Å²) in [5.74, 6) is 0. The molecule has 0 spiro atoms. The number of hydrogen-bond acceptors (Lipinski definition) is 4. The Balaban J connectivity index is 3.36. The number of rotatable bonds is 2. The standard InChI is InChI=1S/C2H10N2O2S/c1-3-7(5,6)4-2/h3-6H,1-2H3. The van der Waals surface area contributed by atoms with E-state index in [1.807, 2.05) is 0 Å². The summed E-state index contributed by atoms with van der Waals surface area (Å²) >= 11 is 0. The molecule has 0 unspecified atom stereocenters. The van der Waals surface area contributed by atoms with Crippen LogP contribution in [0.1, 0.15) is 0 Å². The molecule has 0 aromatic carbocycles. The molecular formula is C2H10N2O2S. The van der Waals surface area contributed by atoms with Crippen LogP contribution in [0.2, 0.25) is 0 Å². The van der Waals surface area contributed by atoms with Gasteiger partial charge in [0.1, 0.15) is 0 Å². The van der Waals surface area contributed by atoms with Crippen LogP contribution in [0.15, 0.2) is 0 Å². The summed E-state index contributed by atoms with van der Waals surface area (Å²) in [6.07, 6.45) is 0. The molecule has 0 amide bonds. The molecule has 0 aliphatic heterocycles. The molecule has 4 N–H and O–H groups in total. The first-order valence-corrected chi connectivity index (χ1v) is 3.32. The lowest BCUT2D eigenvalue weighted by Crippen LogP contribution is -2.25. The Kier molecular flexibility index (Phi) is 2.55. The Hall–Kier alpha value is 0.190. The molecule has 0 radical (unpaired) electrons. The summed E-state index contributed by atoms with van der Waals surface area (Å²) in [4.78, 5) is 0. The molecule has 0 aliphatic carbocycles. The monoisotopic (exact) mass is 126 g/mol. The predicted octanol–water partition coefficient (Wildman–Crippen LogP) is 0.00580. The summed E-state index contributed by atoms with van der Waals surface area (Å²) in [7, 11) is 0.271. The fourth-order valence-corrected chi connectivity index (χ4v) is 0.306. The van der Waals surface area contributed by atoms with Crippen molar-refractivity contribution >= 4 is 11.0 Å². The topological polar surface area (TPSA) is 64.5 Å². The average Bonchev–Trinajstić information content (AvgIpc) is 1.68. The van der Waals surface area contributed by atoms with E-state index >= 15 is 0 Å². The van der Waals surface area contributed by atoms with Gasteiger partial charge in [-0.05, 0) is 0 Å². The minimum absolute atomic E-state index is 1.46. The van der Waals surface area contributed by atoms with Crippen LogP contribution in [0.25, 0.3) is 0 Å². The van der Waals surface area contributed by atoms with E-state index in [9.17, 15) is 0 Å². The van der Waals surface area contributed by atoms with Gasteiger partial charge in [-0.2, -0.15) is 0 Å². The zero-order valence-corrected chi connectivity index (χ0v) is 5.12. The lowest BCUT2D eigenvalue weighted by Gasteiger charge is -2.29. The Morgan fingerprint density at radius 1 is 1.14 bits per heavy atom. The predicted molar refractivity (Wildman–Crippen MR) is 31.0 cm³/mol. The van der Waals surface area contributed by atoms with E-state index in [4.69, 9.17) is 9.11 Å². The molecule has 4 nitrogen and oxygen atoms in total. The molecule has 0 bridgehead atoms. The van der Waals surface area contributed by atoms with Crippen molar-refractivity contribution in [2.45, 2.75) is 0 Å². The van der Waals surface area contributed by atoms with Crippen molar-refractivity contribution in [2.24, 2.45) is 0 Å². The van der Waals surface area contributed by atoms with Gasteiger partial charge in [0.2, 0.25) is 0 Å². The van der Waals surface area contributed by atoms with E-state index in [0.29, 0.717) is 0 Å². The van der Waals surface area contributed by atoms with E-state index in [-0.39, 0.29) is 0 Å². The van der Waals surface area contributed by atoms with Crippen molar-refractivity contribution in [3.05, 3.63) is 0 Å². The molecule has 0 aromatic rings. The van der Waals surface area contributed by atoms with Crippen molar-refractivity contribution in [3.63, 3.8) is 0 Å². The van der Waals surface area contributed by atoms with E-state index in [0.717, 1.165) is 0 Å². The minimum Gasteiger partial charge on any atom is -0.273 e. The van der Waals surface area contributed by atoms with Gasteiger partial charge in [-0.25, -0.2) is 9.44 Å². The Morgan fingerprint density at radius 2 is 1.43 bits per heavy atom. The maximum absolute atomic E-state index is 8.55. The maximum atomic E-state index is 8.55. The highest BCUT2D eigenvalue weighted by Crippen LogP contribution is 2.23. The molecule has 0 saturated heterocycles. The molecule has 46 valence electrons. The number of hydrogen-bond donors (Lipinski definition) is 4. The first-order chi connectivity index (χ1) is 3.12. The van der Waals surface area contributed by atoms with Crippen molar-refractivity contribution < 1.29 is 9.11 Å². The molecule has 0 heterocycles. The van der Waals surface area contributed by atoms with Crippen molar-refractivity contribution in [1.29, 1.82) is 0 Å². The largest absolute Gasteiger partial charge is 0.273 e. The van der Waals surface area contributed by atoms with E-state index in [2.05, 4.69) is 9.44 Å². The summed E-state index contributed by atoms with van der Waals surface area (Å²) < 4.78 is 21.6. The van der Waals surface area contributed by atoms with Crippen LogP contribution < -0.4 is 9.44 Å². The maximum Gasteiger partial charge on any atom is 0.00459 e. The highest BCUT2D eigenvalue weighted by Gasteiger charge is 1.99. The Morgan fingerprint density at radius 3 is 1.43 bits per heavy atom. The first-order valence-electron chi connectivity index (χ1n) is 1.77. The summed E-state index contributed by atoms with van der Waals surface area (Å²) in [6, 6.07) is 0. The smallest absolute Gasteiger partial charge is 0.00459 e. The Bertz CT molecular complexity index is 51.7. The summed E-state index contributed by atoms with van der Waals surface area (Å²) in [6.45, 7) is 0. The van der Waals surface area contributed by atoms with Crippen LogP contribution in [-0.2, 0) is 0 Å². The van der Waals surface area contributed by atoms with Crippen LogP contribution in [0.4, 0.5) is 0 Å². The lowest BCUT2D eigenvalue weighted by atomic mass is 11.6. The van der Waals surface area contributed by atoms with Crippen molar-refractivity contribution in [1.82, 2.24) is 9.44 Å². The quantitative estimate of drug-likeness (QED) is 0.421. The lowest BCUT2D eigenvalue weighted by molar-refractivity contribution is 0.465. The van der Waals surface area contributed by atoms with Gasteiger partial charge in [0.25, 0.3) is 0 Å². The molecule has 0 aliphatic rings. The molecule has 0 rings (SSSR count). The van der Waals surface area contributed by atoms with Gasteiger partial charge in [0.15, 0.2) is 0 Å². The zero-order chi connectivity index (χ0) is 5.91. The van der Waals surface area contributed by atoms with Crippen molar-refractivity contribution in [2.75, 3.05) is 14.1 Å². The van der Waals surface area contributed by atoms with Crippen LogP contribution in [0.3, 0.4) is 0 Å². The SMILES string of the molecule is CNS(O)(O)NC. The first kappa shape index (κ1) is 7.19. The van der Waals surface area contributed by atoms with Gasteiger partial charge < -0.3 is 0 Å². The van der Waals surface area contributed by atoms with Crippen LogP contribution in [0.5, 0.6) is 0 Å². The third-order valence-electron chi connectivity index (χ3n) is 0.569. The average molecular weight is 126 g/mol. The van der Waals surface area contributed by atoms with E-state index < -0.39 is 11.0 Å². The van der Waals surface area contributed by atoms with Gasteiger partial charge in [0, 0.05) is 14.1 Å². The molecule has 5 heteroatoms. The fraction of sp³-hybridized carbons (Fsp3) is 1.00. The van der Waals surface area contributed by atoms with Gasteiger partial charge in [-0.15, -0.1) is 0 Å². The van der Waals surface area contributed by atoms with Crippen molar-refractivity contribution in [3.8, 4) is 0 Å². The van der Waals surface area contributed by atoms with E-state index in [1.54, 1.807) is 0 Å². The second kappa shape index (κ2) is 2.49. The van der Waals surface area contributed by atoms with Gasteiger partial charge in [-0.3, -0.25) is 9.11 Å². The Labute approximate surface area is 44.5 Å². The van der Waals surface area contributed by atoms with Crippen LogP contribution in [-0.4, -0.2) is 23.2 Å².